The van der Waals surface area contributed by atoms with E-state index in [9.17, 15) is 14.4 Å². The van der Waals surface area contributed by atoms with E-state index in [0.29, 0.717) is 0 Å². The Morgan fingerprint density at radius 2 is 1.09 bits per heavy atom. The molecule has 0 saturated carbocycles. The zero-order chi connectivity index (χ0) is 31.9. The van der Waals surface area contributed by atoms with Crippen molar-refractivity contribution in [2.75, 3.05) is 13.7 Å². The average molecular weight is 611 g/mol. The molecule has 1 aliphatic carbocycles. The lowest BCUT2D eigenvalue weighted by molar-refractivity contribution is -0.144. The minimum Gasteiger partial charge on any atom is -0.467 e. The molecule has 6 rings (SSSR count). The van der Waals surface area contributed by atoms with Crippen LogP contribution in [0.3, 0.4) is 0 Å². The van der Waals surface area contributed by atoms with E-state index in [4.69, 9.17) is 9.47 Å². The smallest absolute Gasteiger partial charge is 0.407 e. The quantitative estimate of drug-likeness (QED) is 0.138. The molecule has 7 nitrogen and oxygen atoms in total. The molecule has 2 amide bonds. The standard InChI is InChI=1S/C39H34N2O5/c1-45-37(43)35(40-38(44)46-26-34-32-23-13-11-21-30(32)31-22-12-14-24-33(31)34)25-36(42)41-39(27-15-5-2-6-16-27,28-17-7-3-8-18-28)29-19-9-4-10-20-29/h2-24,34-35H,25-26H2,1H3,(H,40,44)(H,41,42). The fourth-order valence-corrected chi connectivity index (χ4v) is 6.34. The van der Waals surface area contributed by atoms with Crippen molar-refractivity contribution in [3.8, 4) is 11.1 Å². The SMILES string of the molecule is COC(=O)C(CC(=O)NC(c1ccccc1)(c1ccccc1)c1ccccc1)NC(=O)OCC1c2ccccc2-c2ccccc21. The molecule has 0 fully saturated rings. The molecule has 1 atom stereocenters. The van der Waals surface area contributed by atoms with Crippen molar-refractivity contribution in [2.45, 2.75) is 23.9 Å². The number of hydrogen-bond acceptors (Lipinski definition) is 5. The third-order valence-corrected chi connectivity index (χ3v) is 8.46. The number of amides is 2. The number of carbonyl (C=O) groups is 3. The summed E-state index contributed by atoms with van der Waals surface area (Å²) in [6.07, 6.45) is -1.18. The van der Waals surface area contributed by atoms with E-state index < -0.39 is 29.6 Å². The van der Waals surface area contributed by atoms with Crippen LogP contribution < -0.4 is 10.6 Å². The minimum atomic E-state index is -1.28. The molecule has 2 N–H and O–H groups in total. The zero-order valence-electron chi connectivity index (χ0n) is 25.4. The summed E-state index contributed by atoms with van der Waals surface area (Å²) in [5.41, 5.74) is 5.77. The van der Waals surface area contributed by atoms with Crippen molar-refractivity contribution in [1.82, 2.24) is 10.6 Å². The number of alkyl carbamates (subject to hydrolysis) is 1. The summed E-state index contributed by atoms with van der Waals surface area (Å²) >= 11 is 0. The molecule has 0 aromatic heterocycles. The number of fused-ring (bicyclic) bond motifs is 3. The molecule has 0 aliphatic heterocycles. The molecule has 0 saturated heterocycles. The second-order valence-electron chi connectivity index (χ2n) is 11.1. The van der Waals surface area contributed by atoms with Gasteiger partial charge in [-0.3, -0.25) is 4.79 Å². The van der Waals surface area contributed by atoms with Crippen LogP contribution in [0.4, 0.5) is 4.79 Å². The van der Waals surface area contributed by atoms with E-state index in [-0.39, 0.29) is 18.9 Å². The minimum absolute atomic E-state index is 0.0685. The Morgan fingerprint density at radius 3 is 1.54 bits per heavy atom. The Kier molecular flexibility index (Phi) is 8.92. The molecule has 230 valence electrons. The first-order valence-electron chi connectivity index (χ1n) is 15.2. The first-order chi connectivity index (χ1) is 22.5. The molecule has 46 heavy (non-hydrogen) atoms. The van der Waals surface area contributed by atoms with Crippen LogP contribution in [0.15, 0.2) is 140 Å². The van der Waals surface area contributed by atoms with Gasteiger partial charge in [-0.25, -0.2) is 9.59 Å². The first-order valence-corrected chi connectivity index (χ1v) is 15.2. The molecule has 0 heterocycles. The van der Waals surface area contributed by atoms with Crippen LogP contribution in [0.2, 0.25) is 0 Å². The van der Waals surface area contributed by atoms with Gasteiger partial charge in [0.15, 0.2) is 0 Å². The lowest BCUT2D eigenvalue weighted by atomic mass is 9.77. The highest BCUT2D eigenvalue weighted by molar-refractivity contribution is 5.89. The molecule has 1 unspecified atom stereocenters. The third-order valence-electron chi connectivity index (χ3n) is 8.46. The Labute approximate surface area is 268 Å². The van der Waals surface area contributed by atoms with Gasteiger partial charge in [-0.1, -0.05) is 140 Å². The Bertz CT molecular complexity index is 1680. The van der Waals surface area contributed by atoms with Gasteiger partial charge in [0.25, 0.3) is 0 Å². The predicted octanol–water partition coefficient (Wildman–Crippen LogP) is 6.57. The van der Waals surface area contributed by atoms with Gasteiger partial charge < -0.3 is 20.1 Å². The number of ether oxygens (including phenoxy) is 2. The highest BCUT2D eigenvalue weighted by atomic mass is 16.6. The summed E-state index contributed by atoms with van der Waals surface area (Å²) in [7, 11) is 1.22. The maximum Gasteiger partial charge on any atom is 0.407 e. The van der Waals surface area contributed by atoms with Crippen molar-refractivity contribution >= 4 is 18.0 Å². The lowest BCUT2D eigenvalue weighted by Crippen LogP contribution is -2.51. The van der Waals surface area contributed by atoms with Crippen LogP contribution in [0.5, 0.6) is 0 Å². The highest BCUT2D eigenvalue weighted by Gasteiger charge is 2.39. The van der Waals surface area contributed by atoms with Crippen LogP contribution in [0.25, 0.3) is 11.1 Å². The average Bonchev–Trinajstić information content (AvgIpc) is 3.43. The molecule has 5 aromatic rings. The van der Waals surface area contributed by atoms with Gasteiger partial charge >= 0.3 is 12.1 Å². The molecule has 5 aromatic carbocycles. The number of methoxy groups -OCH3 is 1. The van der Waals surface area contributed by atoms with Crippen molar-refractivity contribution < 1.29 is 23.9 Å². The Morgan fingerprint density at radius 1 is 0.652 bits per heavy atom. The van der Waals surface area contributed by atoms with Crippen molar-refractivity contribution in [1.29, 1.82) is 0 Å². The number of esters is 1. The first kappa shape index (κ1) is 30.3. The Hall–Kier alpha value is -5.69. The van der Waals surface area contributed by atoms with Crippen molar-refractivity contribution in [3.05, 3.63) is 167 Å². The number of carbonyl (C=O) groups excluding carboxylic acids is 3. The second kappa shape index (κ2) is 13.5. The van der Waals surface area contributed by atoms with Gasteiger partial charge in [-0.2, -0.15) is 0 Å². The van der Waals surface area contributed by atoms with Crippen LogP contribution in [-0.2, 0) is 24.6 Å². The van der Waals surface area contributed by atoms with Crippen LogP contribution in [0.1, 0.15) is 40.2 Å². The van der Waals surface area contributed by atoms with E-state index >= 15 is 0 Å². The van der Waals surface area contributed by atoms with E-state index in [2.05, 4.69) is 22.8 Å². The molecular weight excluding hydrogens is 576 g/mol. The number of rotatable bonds is 10. The van der Waals surface area contributed by atoms with Crippen LogP contribution >= 0.6 is 0 Å². The molecular formula is C39H34N2O5. The van der Waals surface area contributed by atoms with Crippen LogP contribution in [0, 0.1) is 0 Å². The van der Waals surface area contributed by atoms with E-state index in [1.807, 2.05) is 127 Å². The number of nitrogens with one attached hydrogen (secondary N) is 2. The summed E-state index contributed by atoms with van der Waals surface area (Å²) in [5, 5.41) is 5.80. The molecule has 7 heteroatoms. The summed E-state index contributed by atoms with van der Waals surface area (Å²) in [4.78, 5) is 39.9. The highest BCUT2D eigenvalue weighted by Crippen LogP contribution is 2.44. The number of benzene rings is 5. The monoisotopic (exact) mass is 610 g/mol. The molecule has 1 aliphatic rings. The number of hydrogen-bond donors (Lipinski definition) is 2. The third kappa shape index (κ3) is 6.00. The largest absolute Gasteiger partial charge is 0.467 e. The topological polar surface area (TPSA) is 93.7 Å². The van der Waals surface area contributed by atoms with Gasteiger partial charge in [0.2, 0.25) is 5.91 Å². The van der Waals surface area contributed by atoms with E-state index in [0.717, 1.165) is 38.9 Å². The summed E-state index contributed by atoms with van der Waals surface area (Å²) in [6, 6.07) is 43.7. The van der Waals surface area contributed by atoms with Gasteiger partial charge in [-0.15, -0.1) is 0 Å². The summed E-state index contributed by atoms with van der Waals surface area (Å²) < 4.78 is 10.6. The molecule has 0 spiro atoms. The van der Waals surface area contributed by atoms with Crippen molar-refractivity contribution in [3.63, 3.8) is 0 Å². The van der Waals surface area contributed by atoms with Gasteiger partial charge in [0.1, 0.15) is 18.2 Å². The molecule has 0 radical (unpaired) electrons. The van der Waals surface area contributed by atoms with E-state index in [1.54, 1.807) is 0 Å². The summed E-state index contributed by atoms with van der Waals surface area (Å²) in [6.45, 7) is 0.0685. The second-order valence-corrected chi connectivity index (χ2v) is 11.1. The predicted molar refractivity (Wildman–Crippen MR) is 176 cm³/mol. The maximum atomic E-state index is 13.9. The van der Waals surface area contributed by atoms with Gasteiger partial charge in [-0.05, 0) is 38.9 Å². The van der Waals surface area contributed by atoms with Gasteiger partial charge in [0.05, 0.1) is 13.5 Å². The van der Waals surface area contributed by atoms with Crippen molar-refractivity contribution in [2.24, 2.45) is 0 Å². The normalized spacial score (nSPS) is 12.7. The lowest BCUT2D eigenvalue weighted by Gasteiger charge is -2.37. The molecule has 0 bridgehead atoms. The summed E-state index contributed by atoms with van der Waals surface area (Å²) in [5.74, 6) is -1.37. The van der Waals surface area contributed by atoms with E-state index in [1.165, 1.54) is 7.11 Å². The fraction of sp³-hybridized carbons (Fsp3) is 0.154. The fourth-order valence-electron chi connectivity index (χ4n) is 6.34. The zero-order valence-corrected chi connectivity index (χ0v) is 25.4. The Balaban J connectivity index is 1.22. The van der Waals surface area contributed by atoms with Gasteiger partial charge in [0, 0.05) is 5.92 Å². The van der Waals surface area contributed by atoms with Crippen LogP contribution in [-0.4, -0.2) is 37.7 Å². The maximum absolute atomic E-state index is 13.9.